The zero-order valence-electron chi connectivity index (χ0n) is 7.34. The van der Waals surface area contributed by atoms with Gasteiger partial charge in [-0.25, -0.2) is 0 Å². The van der Waals surface area contributed by atoms with Gasteiger partial charge in [-0.15, -0.1) is 0 Å². The van der Waals surface area contributed by atoms with E-state index in [2.05, 4.69) is 0 Å². The lowest BCUT2D eigenvalue weighted by Gasteiger charge is -2.11. The molecule has 1 aliphatic heterocycles. The summed E-state index contributed by atoms with van der Waals surface area (Å²) in [5, 5.41) is 0. The summed E-state index contributed by atoms with van der Waals surface area (Å²) in [6, 6.07) is 0. The number of Topliss-reactive ketones (excluding diaryl/α,β-unsaturated/α-hetero) is 1. The number of carbonyl (C=O) groups excluding carboxylic acids is 1. The van der Waals surface area contributed by atoms with Crippen molar-refractivity contribution in [3.63, 3.8) is 0 Å². The fraction of sp³-hybridized carbons (Fsp3) is 0.667. The second-order valence-electron chi connectivity index (χ2n) is 2.78. The first-order valence-electron chi connectivity index (χ1n) is 4.17. The molecule has 0 spiro atoms. The Morgan fingerprint density at radius 2 is 2.58 bits per heavy atom. The molecule has 1 rings (SSSR count). The molecule has 1 heterocycles. The zero-order chi connectivity index (χ0) is 8.81. The van der Waals surface area contributed by atoms with E-state index >= 15 is 0 Å². The fourth-order valence-electron chi connectivity index (χ4n) is 1.12. The van der Waals surface area contributed by atoms with Crippen molar-refractivity contribution < 1.29 is 14.3 Å². The van der Waals surface area contributed by atoms with Crippen LogP contribution in [0, 0.1) is 0 Å². The van der Waals surface area contributed by atoms with Gasteiger partial charge in [0.1, 0.15) is 0 Å². The number of rotatable bonds is 4. The van der Waals surface area contributed by atoms with Crippen LogP contribution in [0.3, 0.4) is 0 Å². The average Bonchev–Trinajstić information content (AvgIpc) is 2.15. The highest BCUT2D eigenvalue weighted by Crippen LogP contribution is 2.13. The van der Waals surface area contributed by atoms with Crippen molar-refractivity contribution >= 4 is 5.78 Å². The minimum Gasteiger partial charge on any atom is -0.501 e. The lowest BCUT2D eigenvalue weighted by molar-refractivity contribution is -0.116. The van der Waals surface area contributed by atoms with Gasteiger partial charge in [-0.1, -0.05) is 0 Å². The molecule has 0 amide bonds. The molecule has 0 unspecified atom stereocenters. The van der Waals surface area contributed by atoms with Crippen molar-refractivity contribution in [1.82, 2.24) is 0 Å². The minimum atomic E-state index is 0.150. The molecule has 0 aromatic heterocycles. The summed E-state index contributed by atoms with van der Waals surface area (Å²) in [4.78, 5) is 11.3. The molecule has 0 saturated carbocycles. The topological polar surface area (TPSA) is 35.5 Å². The van der Waals surface area contributed by atoms with Gasteiger partial charge in [0.25, 0.3) is 0 Å². The van der Waals surface area contributed by atoms with Crippen LogP contribution in [0.2, 0.25) is 0 Å². The summed E-state index contributed by atoms with van der Waals surface area (Å²) in [5.41, 5.74) is 0.804. The van der Waals surface area contributed by atoms with Gasteiger partial charge in [-0.3, -0.25) is 4.79 Å². The molecule has 0 aliphatic carbocycles. The zero-order valence-corrected chi connectivity index (χ0v) is 7.34. The predicted octanol–water partition coefficient (Wildman–Crippen LogP) is 1.29. The first-order valence-corrected chi connectivity index (χ1v) is 4.17. The van der Waals surface area contributed by atoms with Crippen LogP contribution in [0.1, 0.15) is 19.3 Å². The number of ketones is 1. The molecule has 0 fully saturated rings. The van der Waals surface area contributed by atoms with Crippen LogP contribution in [0.5, 0.6) is 0 Å². The molecule has 0 saturated heterocycles. The average molecular weight is 170 g/mol. The SMILES string of the molecule is COCCC(=O)C1=COCCC1. The molecule has 0 radical (unpaired) electrons. The van der Waals surface area contributed by atoms with Gasteiger partial charge in [0.2, 0.25) is 0 Å². The standard InChI is InChI=1S/C9H14O3/c1-11-6-4-9(10)8-3-2-5-12-7-8/h7H,2-6H2,1H3. The predicted molar refractivity (Wildman–Crippen MR) is 44.8 cm³/mol. The van der Waals surface area contributed by atoms with E-state index in [0.717, 1.165) is 25.0 Å². The fourth-order valence-corrected chi connectivity index (χ4v) is 1.12. The molecule has 3 nitrogen and oxygen atoms in total. The van der Waals surface area contributed by atoms with E-state index in [1.54, 1.807) is 13.4 Å². The first-order chi connectivity index (χ1) is 5.84. The van der Waals surface area contributed by atoms with Gasteiger partial charge in [0.05, 0.1) is 19.5 Å². The highest BCUT2D eigenvalue weighted by molar-refractivity contribution is 5.95. The van der Waals surface area contributed by atoms with Gasteiger partial charge >= 0.3 is 0 Å². The molecular weight excluding hydrogens is 156 g/mol. The maximum Gasteiger partial charge on any atom is 0.164 e. The number of methoxy groups -OCH3 is 1. The maximum absolute atomic E-state index is 11.3. The highest BCUT2D eigenvalue weighted by atomic mass is 16.5. The number of ether oxygens (including phenoxy) is 2. The van der Waals surface area contributed by atoms with Gasteiger partial charge in [-0.2, -0.15) is 0 Å². The molecule has 68 valence electrons. The molecule has 1 aliphatic rings. The molecule has 0 bridgehead atoms. The summed E-state index contributed by atoms with van der Waals surface area (Å²) in [6.45, 7) is 1.23. The molecule has 3 heteroatoms. The van der Waals surface area contributed by atoms with Gasteiger partial charge in [0, 0.05) is 19.1 Å². The van der Waals surface area contributed by atoms with Crippen molar-refractivity contribution in [2.45, 2.75) is 19.3 Å². The summed E-state index contributed by atoms with van der Waals surface area (Å²) in [6.07, 6.45) is 3.85. The molecule has 0 aromatic carbocycles. The van der Waals surface area contributed by atoms with E-state index in [1.165, 1.54) is 0 Å². The Labute approximate surface area is 72.4 Å². The second-order valence-corrected chi connectivity index (χ2v) is 2.78. The van der Waals surface area contributed by atoms with E-state index < -0.39 is 0 Å². The van der Waals surface area contributed by atoms with Crippen molar-refractivity contribution in [2.24, 2.45) is 0 Å². The lowest BCUT2D eigenvalue weighted by atomic mass is 10.0. The third kappa shape index (κ3) is 2.66. The number of hydrogen-bond acceptors (Lipinski definition) is 3. The van der Waals surface area contributed by atoms with E-state index in [-0.39, 0.29) is 5.78 Å². The second kappa shape index (κ2) is 4.93. The van der Waals surface area contributed by atoms with E-state index in [0.29, 0.717) is 13.0 Å². The van der Waals surface area contributed by atoms with Crippen molar-refractivity contribution in [3.8, 4) is 0 Å². The molecule has 0 N–H and O–H groups in total. The Hall–Kier alpha value is -0.830. The van der Waals surface area contributed by atoms with Gasteiger partial charge in [-0.05, 0) is 12.8 Å². The van der Waals surface area contributed by atoms with Crippen LogP contribution >= 0.6 is 0 Å². The summed E-state index contributed by atoms with van der Waals surface area (Å²) in [7, 11) is 1.60. The Kier molecular flexibility index (Phi) is 3.80. The number of hydrogen-bond donors (Lipinski definition) is 0. The smallest absolute Gasteiger partial charge is 0.164 e. The molecule has 12 heavy (non-hydrogen) atoms. The molecule has 0 atom stereocenters. The summed E-state index contributed by atoms with van der Waals surface area (Å²) in [5.74, 6) is 0.150. The minimum absolute atomic E-state index is 0.150. The highest BCUT2D eigenvalue weighted by Gasteiger charge is 2.12. The first kappa shape index (κ1) is 9.26. The Bertz CT molecular complexity index is 184. The Morgan fingerprint density at radius 3 is 3.17 bits per heavy atom. The third-order valence-corrected chi connectivity index (χ3v) is 1.83. The largest absolute Gasteiger partial charge is 0.501 e. The quantitative estimate of drug-likeness (QED) is 0.637. The number of carbonyl (C=O) groups is 1. The summed E-state index contributed by atoms with van der Waals surface area (Å²) < 4.78 is 9.87. The molecular formula is C9H14O3. The van der Waals surface area contributed by atoms with Crippen molar-refractivity contribution in [2.75, 3.05) is 20.3 Å². The van der Waals surface area contributed by atoms with E-state index in [1.807, 2.05) is 0 Å². The number of allylic oxidation sites excluding steroid dienone is 1. The van der Waals surface area contributed by atoms with E-state index in [4.69, 9.17) is 9.47 Å². The van der Waals surface area contributed by atoms with Crippen molar-refractivity contribution in [1.29, 1.82) is 0 Å². The van der Waals surface area contributed by atoms with Crippen LogP contribution in [-0.2, 0) is 14.3 Å². The third-order valence-electron chi connectivity index (χ3n) is 1.83. The normalized spacial score (nSPS) is 16.6. The van der Waals surface area contributed by atoms with Crippen LogP contribution in [-0.4, -0.2) is 26.1 Å². The van der Waals surface area contributed by atoms with Crippen LogP contribution in [0.4, 0.5) is 0 Å². The van der Waals surface area contributed by atoms with Crippen LogP contribution < -0.4 is 0 Å². The Morgan fingerprint density at radius 1 is 1.75 bits per heavy atom. The van der Waals surface area contributed by atoms with Gasteiger partial charge in [0.15, 0.2) is 5.78 Å². The van der Waals surface area contributed by atoms with Crippen molar-refractivity contribution in [3.05, 3.63) is 11.8 Å². The lowest BCUT2D eigenvalue weighted by Crippen LogP contribution is -2.10. The molecule has 0 aromatic rings. The summed E-state index contributed by atoms with van der Waals surface area (Å²) >= 11 is 0. The van der Waals surface area contributed by atoms with Gasteiger partial charge < -0.3 is 9.47 Å². The maximum atomic E-state index is 11.3. The van der Waals surface area contributed by atoms with Crippen LogP contribution in [0.25, 0.3) is 0 Å². The van der Waals surface area contributed by atoms with E-state index in [9.17, 15) is 4.79 Å². The van der Waals surface area contributed by atoms with Crippen LogP contribution in [0.15, 0.2) is 11.8 Å². The Balaban J connectivity index is 2.35. The monoisotopic (exact) mass is 170 g/mol.